The third-order valence-electron chi connectivity index (χ3n) is 1.66. The number of alkyl halides is 3. The molecule has 0 rings (SSSR count). The Labute approximate surface area is 90.1 Å². The van der Waals surface area contributed by atoms with Crippen molar-refractivity contribution < 1.29 is 36.2 Å². The molecular formula is C7H11F3O5S. The highest BCUT2D eigenvalue weighted by Crippen LogP contribution is 2.14. The highest BCUT2D eigenvalue weighted by atomic mass is 32.2. The van der Waals surface area contributed by atoms with Gasteiger partial charge in [-0.05, 0) is 6.92 Å². The summed E-state index contributed by atoms with van der Waals surface area (Å²) in [7, 11) is -3.97. The van der Waals surface area contributed by atoms with Crippen molar-refractivity contribution in [2.75, 3.05) is 19.0 Å². The highest BCUT2D eigenvalue weighted by molar-refractivity contribution is 7.92. The summed E-state index contributed by atoms with van der Waals surface area (Å²) in [5.41, 5.74) is 0. The van der Waals surface area contributed by atoms with E-state index in [4.69, 9.17) is 5.11 Å². The van der Waals surface area contributed by atoms with Crippen LogP contribution in [0.3, 0.4) is 0 Å². The molecule has 0 aromatic carbocycles. The minimum Gasteiger partial charge on any atom is -0.480 e. The minimum atomic E-state index is -4.53. The van der Waals surface area contributed by atoms with Crippen LogP contribution in [0.1, 0.15) is 6.92 Å². The first kappa shape index (κ1) is 15.2. The number of hydrogen-bond donors (Lipinski definition) is 1. The Morgan fingerprint density at radius 2 is 1.94 bits per heavy atom. The van der Waals surface area contributed by atoms with Gasteiger partial charge in [-0.25, -0.2) is 8.42 Å². The molecule has 0 aliphatic heterocycles. The molecule has 0 radical (unpaired) electrons. The van der Waals surface area contributed by atoms with Crippen LogP contribution in [0.5, 0.6) is 0 Å². The van der Waals surface area contributed by atoms with E-state index in [0.29, 0.717) is 0 Å². The van der Waals surface area contributed by atoms with Gasteiger partial charge in [0.1, 0.15) is 6.61 Å². The molecule has 0 saturated carbocycles. The number of carbonyl (C=O) groups is 1. The van der Waals surface area contributed by atoms with E-state index in [-0.39, 0.29) is 0 Å². The zero-order valence-electron chi connectivity index (χ0n) is 8.32. The minimum absolute atomic E-state index is 0.681. The number of ether oxygens (including phenoxy) is 1. The number of carboxylic acids is 1. The van der Waals surface area contributed by atoms with Gasteiger partial charge in [0, 0.05) is 0 Å². The van der Waals surface area contributed by atoms with Gasteiger partial charge < -0.3 is 9.84 Å². The van der Waals surface area contributed by atoms with Crippen LogP contribution in [0.2, 0.25) is 0 Å². The second-order valence-corrected chi connectivity index (χ2v) is 5.46. The third kappa shape index (κ3) is 5.91. The summed E-state index contributed by atoms with van der Waals surface area (Å²) in [5.74, 6) is -2.30. The quantitative estimate of drug-likeness (QED) is 0.705. The first-order valence-electron chi connectivity index (χ1n) is 4.15. The van der Waals surface area contributed by atoms with Gasteiger partial charge in [0.2, 0.25) is 0 Å². The maximum atomic E-state index is 11.6. The summed E-state index contributed by atoms with van der Waals surface area (Å²) in [5, 5.41) is 6.75. The van der Waals surface area contributed by atoms with Crippen molar-refractivity contribution in [1.82, 2.24) is 0 Å². The lowest BCUT2D eigenvalue weighted by Crippen LogP contribution is -2.31. The van der Waals surface area contributed by atoms with Crippen molar-refractivity contribution in [2.45, 2.75) is 18.3 Å². The number of sulfone groups is 1. The van der Waals surface area contributed by atoms with Crippen LogP contribution in [0.4, 0.5) is 13.2 Å². The molecule has 0 saturated heterocycles. The van der Waals surface area contributed by atoms with Crippen molar-refractivity contribution in [3.05, 3.63) is 0 Å². The molecule has 5 nitrogen and oxygen atoms in total. The molecule has 1 unspecified atom stereocenters. The molecule has 1 atom stereocenters. The van der Waals surface area contributed by atoms with E-state index in [2.05, 4.69) is 4.74 Å². The fourth-order valence-corrected chi connectivity index (χ4v) is 1.70. The van der Waals surface area contributed by atoms with Crippen LogP contribution < -0.4 is 0 Å². The monoisotopic (exact) mass is 264 g/mol. The van der Waals surface area contributed by atoms with Gasteiger partial charge in [-0.3, -0.25) is 4.79 Å². The second kappa shape index (κ2) is 5.48. The van der Waals surface area contributed by atoms with Gasteiger partial charge >= 0.3 is 12.1 Å². The average molecular weight is 264 g/mol. The molecule has 0 aromatic rings. The third-order valence-corrected chi connectivity index (χ3v) is 3.68. The van der Waals surface area contributed by atoms with E-state index in [9.17, 15) is 26.4 Å². The summed E-state index contributed by atoms with van der Waals surface area (Å²) in [6.45, 7) is -1.29. The second-order valence-electron chi connectivity index (χ2n) is 3.02. The Hall–Kier alpha value is -0.830. The number of aliphatic carboxylic acids is 1. The number of carboxylic acid groups (broad SMARTS) is 1. The van der Waals surface area contributed by atoms with E-state index in [1.165, 1.54) is 0 Å². The number of rotatable bonds is 6. The summed E-state index contributed by atoms with van der Waals surface area (Å²) in [4.78, 5) is 10.3. The fourth-order valence-electron chi connectivity index (χ4n) is 0.693. The Bertz CT molecular complexity index is 334. The molecule has 0 bridgehead atoms. The Kier molecular flexibility index (Phi) is 5.20. The van der Waals surface area contributed by atoms with E-state index in [1.54, 1.807) is 0 Å². The lowest BCUT2D eigenvalue weighted by molar-refractivity contribution is -0.172. The number of halogens is 3. The molecule has 0 aromatic heterocycles. The van der Waals surface area contributed by atoms with Crippen molar-refractivity contribution in [3.8, 4) is 0 Å². The van der Waals surface area contributed by atoms with E-state index >= 15 is 0 Å². The lowest BCUT2D eigenvalue weighted by atomic mass is 10.5. The summed E-state index contributed by atoms with van der Waals surface area (Å²) in [6, 6.07) is 0. The van der Waals surface area contributed by atoms with Crippen LogP contribution in [-0.2, 0) is 19.4 Å². The molecular weight excluding hydrogens is 253 g/mol. The Morgan fingerprint density at radius 3 is 2.31 bits per heavy atom. The first-order chi connectivity index (χ1) is 7.06. The molecule has 0 amide bonds. The van der Waals surface area contributed by atoms with Crippen molar-refractivity contribution in [1.29, 1.82) is 0 Å². The zero-order valence-corrected chi connectivity index (χ0v) is 9.14. The van der Waals surface area contributed by atoms with Crippen LogP contribution in [-0.4, -0.2) is 49.9 Å². The molecule has 16 heavy (non-hydrogen) atoms. The highest BCUT2D eigenvalue weighted by Gasteiger charge is 2.30. The zero-order chi connectivity index (χ0) is 13.0. The van der Waals surface area contributed by atoms with Gasteiger partial charge in [-0.2, -0.15) is 13.2 Å². The molecule has 1 N–H and O–H groups in total. The van der Waals surface area contributed by atoms with Gasteiger partial charge in [0.25, 0.3) is 0 Å². The predicted molar refractivity (Wildman–Crippen MR) is 47.8 cm³/mol. The smallest absolute Gasteiger partial charge is 0.411 e. The van der Waals surface area contributed by atoms with Crippen molar-refractivity contribution >= 4 is 15.8 Å². The van der Waals surface area contributed by atoms with Crippen molar-refractivity contribution in [2.24, 2.45) is 0 Å². The molecule has 0 aliphatic carbocycles. The van der Waals surface area contributed by atoms with Crippen molar-refractivity contribution in [3.63, 3.8) is 0 Å². The van der Waals surface area contributed by atoms with Gasteiger partial charge in [0.15, 0.2) is 15.1 Å². The first-order valence-corrected chi connectivity index (χ1v) is 5.86. The van der Waals surface area contributed by atoms with Crippen LogP contribution in [0, 0.1) is 0 Å². The standard InChI is InChI=1S/C7H11F3O5S/c1-5(6(11)12)16(13,14)3-2-15-4-7(8,9)10/h5H,2-4H2,1H3,(H,11,12). The molecule has 96 valence electrons. The largest absolute Gasteiger partial charge is 0.480 e. The average Bonchev–Trinajstić information content (AvgIpc) is 2.09. The van der Waals surface area contributed by atoms with E-state index in [1.807, 2.05) is 0 Å². The van der Waals surface area contributed by atoms with E-state index in [0.717, 1.165) is 6.92 Å². The maximum Gasteiger partial charge on any atom is 0.411 e. The lowest BCUT2D eigenvalue weighted by Gasteiger charge is -2.10. The predicted octanol–water partition coefficient (Wildman–Crippen LogP) is 0.453. The Balaban J connectivity index is 4.07. The SMILES string of the molecule is CC(C(=O)O)S(=O)(=O)CCOCC(F)(F)F. The summed E-state index contributed by atoms with van der Waals surface area (Å²) in [6.07, 6.45) is -4.53. The topological polar surface area (TPSA) is 80.7 Å². The summed E-state index contributed by atoms with van der Waals surface area (Å²) < 4.78 is 61.2. The van der Waals surface area contributed by atoms with Gasteiger partial charge in [0.05, 0.1) is 12.4 Å². The molecule has 0 aliphatic rings. The van der Waals surface area contributed by atoms with Gasteiger partial charge in [-0.1, -0.05) is 0 Å². The molecule has 0 spiro atoms. The van der Waals surface area contributed by atoms with Gasteiger partial charge in [-0.15, -0.1) is 0 Å². The van der Waals surface area contributed by atoms with Crippen LogP contribution in [0.25, 0.3) is 0 Å². The molecule has 0 heterocycles. The number of hydrogen-bond acceptors (Lipinski definition) is 4. The fraction of sp³-hybridized carbons (Fsp3) is 0.857. The molecule has 0 fully saturated rings. The van der Waals surface area contributed by atoms with Crippen LogP contribution >= 0.6 is 0 Å². The van der Waals surface area contributed by atoms with E-state index < -0.39 is 46.2 Å². The van der Waals surface area contributed by atoms with Crippen LogP contribution in [0.15, 0.2) is 0 Å². The normalized spacial score (nSPS) is 14.8. The summed E-state index contributed by atoms with van der Waals surface area (Å²) >= 11 is 0. The molecule has 9 heteroatoms. The Morgan fingerprint density at radius 1 is 1.44 bits per heavy atom. The maximum absolute atomic E-state index is 11.6.